The molecule has 0 saturated heterocycles. The van der Waals surface area contributed by atoms with Gasteiger partial charge in [0, 0.05) is 11.1 Å². The fraction of sp³-hybridized carbons (Fsp3) is 0.0588. The van der Waals surface area contributed by atoms with E-state index in [0.29, 0.717) is 16.6 Å². The van der Waals surface area contributed by atoms with Crippen LogP contribution in [0.25, 0.3) is 10.8 Å². The number of carbonyl (C=O) groups is 1. The number of aromatic nitrogens is 1. The minimum absolute atomic E-state index is 0.104. The van der Waals surface area contributed by atoms with Crippen molar-refractivity contribution >= 4 is 45.7 Å². The lowest BCUT2D eigenvalue weighted by Crippen LogP contribution is -2.14. The fourth-order valence-corrected chi connectivity index (χ4v) is 3.17. The first-order chi connectivity index (χ1) is 10.7. The molecule has 0 spiro atoms. The van der Waals surface area contributed by atoms with Gasteiger partial charge in [0.1, 0.15) is 0 Å². The number of carbonyl (C=O) groups excluding carboxylic acids is 1. The molecule has 22 heavy (non-hydrogen) atoms. The summed E-state index contributed by atoms with van der Waals surface area (Å²) < 4.78 is 0. The summed E-state index contributed by atoms with van der Waals surface area (Å²) in [5.41, 5.74) is 0.535. The second kappa shape index (κ2) is 6.81. The zero-order valence-corrected chi connectivity index (χ0v) is 13.2. The van der Waals surface area contributed by atoms with E-state index in [2.05, 4.69) is 28.5 Å². The van der Waals surface area contributed by atoms with Crippen molar-refractivity contribution in [2.75, 3.05) is 11.1 Å². The van der Waals surface area contributed by atoms with Gasteiger partial charge in [-0.05, 0) is 29.0 Å². The minimum atomic E-state index is -0.104. The van der Waals surface area contributed by atoms with Crippen molar-refractivity contribution < 1.29 is 4.79 Å². The average molecular weight is 329 g/mol. The molecule has 1 amide bonds. The molecule has 110 valence electrons. The Labute approximate surface area is 137 Å². The van der Waals surface area contributed by atoms with Crippen molar-refractivity contribution in [2.24, 2.45) is 0 Å². The highest BCUT2D eigenvalue weighted by Gasteiger charge is 2.08. The van der Waals surface area contributed by atoms with E-state index in [4.69, 9.17) is 11.6 Å². The quantitative estimate of drug-likeness (QED) is 0.561. The highest BCUT2D eigenvalue weighted by atomic mass is 35.5. The summed E-state index contributed by atoms with van der Waals surface area (Å²) in [7, 11) is 0. The van der Waals surface area contributed by atoms with Crippen LogP contribution in [0.2, 0.25) is 5.15 Å². The number of hydrogen-bond acceptors (Lipinski definition) is 3. The molecule has 0 saturated carbocycles. The van der Waals surface area contributed by atoms with E-state index in [1.165, 1.54) is 17.1 Å². The third kappa shape index (κ3) is 3.40. The van der Waals surface area contributed by atoms with Gasteiger partial charge in [-0.25, -0.2) is 4.98 Å². The van der Waals surface area contributed by atoms with E-state index >= 15 is 0 Å². The number of anilines is 1. The van der Waals surface area contributed by atoms with E-state index in [9.17, 15) is 4.79 Å². The second-order valence-electron chi connectivity index (χ2n) is 4.66. The summed E-state index contributed by atoms with van der Waals surface area (Å²) in [6.45, 7) is 0. The van der Waals surface area contributed by atoms with E-state index in [0.717, 1.165) is 10.3 Å². The van der Waals surface area contributed by atoms with Gasteiger partial charge >= 0.3 is 0 Å². The van der Waals surface area contributed by atoms with Crippen LogP contribution in [0.15, 0.2) is 65.7 Å². The Hall–Kier alpha value is -2.04. The molecule has 0 atom stereocenters. The molecule has 0 aliphatic heterocycles. The van der Waals surface area contributed by atoms with Gasteiger partial charge in [-0.15, -0.1) is 11.8 Å². The third-order valence-electron chi connectivity index (χ3n) is 3.14. The van der Waals surface area contributed by atoms with Crippen LogP contribution in [0.3, 0.4) is 0 Å². The van der Waals surface area contributed by atoms with Gasteiger partial charge < -0.3 is 5.32 Å². The largest absolute Gasteiger partial charge is 0.323 e. The van der Waals surface area contributed by atoms with Crippen molar-refractivity contribution in [3.05, 3.63) is 65.9 Å². The van der Waals surface area contributed by atoms with Crippen LogP contribution in [-0.4, -0.2) is 16.6 Å². The summed E-state index contributed by atoms with van der Waals surface area (Å²) in [4.78, 5) is 17.1. The molecule has 1 aromatic heterocycles. The normalized spacial score (nSPS) is 10.6. The lowest BCUT2D eigenvalue weighted by molar-refractivity contribution is -0.113. The zero-order chi connectivity index (χ0) is 15.4. The molecule has 5 heteroatoms. The summed E-state index contributed by atoms with van der Waals surface area (Å²) in [6, 6.07) is 17.7. The molecule has 0 bridgehead atoms. The van der Waals surface area contributed by atoms with Gasteiger partial charge in [0.05, 0.1) is 11.4 Å². The molecule has 3 aromatic rings. The molecule has 0 unspecified atom stereocenters. The second-order valence-corrected chi connectivity index (χ2v) is 6.03. The predicted molar refractivity (Wildman–Crippen MR) is 92.5 cm³/mol. The monoisotopic (exact) mass is 328 g/mol. The van der Waals surface area contributed by atoms with Gasteiger partial charge in [0.25, 0.3) is 0 Å². The van der Waals surface area contributed by atoms with Crippen molar-refractivity contribution in [1.82, 2.24) is 4.98 Å². The Bertz CT molecular complexity index is 817. The average Bonchev–Trinajstić information content (AvgIpc) is 2.55. The van der Waals surface area contributed by atoms with Crippen molar-refractivity contribution in [3.8, 4) is 0 Å². The number of benzene rings is 2. The van der Waals surface area contributed by atoms with Crippen molar-refractivity contribution in [2.45, 2.75) is 4.90 Å². The van der Waals surface area contributed by atoms with Crippen molar-refractivity contribution in [3.63, 3.8) is 0 Å². The standard InChI is InChI=1S/C17H13ClN2OS/c18-17-14(8-4-10-19-17)20-16(21)11-22-15-9-3-6-12-5-1-2-7-13(12)15/h1-10H,11H2,(H,20,21). The predicted octanol–water partition coefficient (Wildman–Crippen LogP) is 4.62. The van der Waals surface area contributed by atoms with Crippen LogP contribution in [-0.2, 0) is 4.79 Å². The molecule has 2 aromatic carbocycles. The lowest BCUT2D eigenvalue weighted by Gasteiger charge is -2.08. The number of nitrogens with one attached hydrogen (secondary N) is 1. The molecule has 1 heterocycles. The summed E-state index contributed by atoms with van der Waals surface area (Å²) in [6.07, 6.45) is 1.59. The number of thioether (sulfide) groups is 1. The van der Waals surface area contributed by atoms with Crippen LogP contribution in [0.1, 0.15) is 0 Å². The molecule has 0 radical (unpaired) electrons. The lowest BCUT2D eigenvalue weighted by atomic mass is 10.1. The molecule has 0 aliphatic rings. The molecule has 0 fully saturated rings. The van der Waals surface area contributed by atoms with Crippen LogP contribution >= 0.6 is 23.4 Å². The maximum atomic E-state index is 12.1. The molecule has 1 N–H and O–H groups in total. The van der Waals surface area contributed by atoms with Gasteiger partial charge in [-0.3, -0.25) is 4.79 Å². The van der Waals surface area contributed by atoms with Crippen molar-refractivity contribution in [1.29, 1.82) is 0 Å². The number of halogens is 1. The minimum Gasteiger partial charge on any atom is -0.323 e. The van der Waals surface area contributed by atoms with Crippen LogP contribution in [0.4, 0.5) is 5.69 Å². The maximum absolute atomic E-state index is 12.1. The van der Waals surface area contributed by atoms with Crippen LogP contribution in [0, 0.1) is 0 Å². The number of rotatable bonds is 4. The number of pyridine rings is 1. The van der Waals surface area contributed by atoms with Gasteiger partial charge in [0.2, 0.25) is 5.91 Å². The van der Waals surface area contributed by atoms with E-state index in [1.54, 1.807) is 18.3 Å². The third-order valence-corrected chi connectivity index (χ3v) is 4.52. The zero-order valence-electron chi connectivity index (χ0n) is 11.6. The topological polar surface area (TPSA) is 42.0 Å². The summed E-state index contributed by atoms with van der Waals surface area (Å²) >= 11 is 7.44. The number of amides is 1. The Balaban J connectivity index is 1.69. The highest BCUT2D eigenvalue weighted by molar-refractivity contribution is 8.00. The smallest absolute Gasteiger partial charge is 0.234 e. The molecule has 0 aliphatic carbocycles. The number of fused-ring (bicyclic) bond motifs is 1. The fourth-order valence-electron chi connectivity index (χ4n) is 2.13. The Morgan fingerprint density at radius 3 is 2.77 bits per heavy atom. The Morgan fingerprint density at radius 2 is 1.91 bits per heavy atom. The summed E-state index contributed by atoms with van der Waals surface area (Å²) in [5.74, 6) is 0.215. The maximum Gasteiger partial charge on any atom is 0.234 e. The molecule has 3 nitrogen and oxygen atoms in total. The Kier molecular flexibility index (Phi) is 4.61. The number of nitrogens with zero attached hydrogens (tertiary/aromatic N) is 1. The molecule has 3 rings (SSSR count). The van der Waals surface area contributed by atoms with E-state index in [1.807, 2.05) is 24.3 Å². The summed E-state index contributed by atoms with van der Waals surface area (Å²) in [5, 5.41) is 5.40. The van der Waals surface area contributed by atoms with Gasteiger partial charge in [-0.2, -0.15) is 0 Å². The van der Waals surface area contributed by atoms with Crippen LogP contribution < -0.4 is 5.32 Å². The van der Waals surface area contributed by atoms with Crippen LogP contribution in [0.5, 0.6) is 0 Å². The Morgan fingerprint density at radius 1 is 1.09 bits per heavy atom. The highest BCUT2D eigenvalue weighted by Crippen LogP contribution is 2.28. The molecular formula is C17H13ClN2OS. The first-order valence-electron chi connectivity index (χ1n) is 6.75. The SMILES string of the molecule is O=C(CSc1cccc2ccccc12)Nc1cccnc1Cl. The van der Waals surface area contributed by atoms with Gasteiger partial charge in [0.15, 0.2) is 5.15 Å². The van der Waals surface area contributed by atoms with E-state index < -0.39 is 0 Å². The van der Waals surface area contributed by atoms with E-state index in [-0.39, 0.29) is 5.91 Å². The van der Waals surface area contributed by atoms with Gasteiger partial charge in [-0.1, -0.05) is 48.0 Å². The molecular weight excluding hydrogens is 316 g/mol. The number of hydrogen-bond donors (Lipinski definition) is 1. The first-order valence-corrected chi connectivity index (χ1v) is 8.11. The first kappa shape index (κ1) is 14.9.